The lowest BCUT2D eigenvalue weighted by atomic mass is 9.95. The van der Waals surface area contributed by atoms with Crippen LogP contribution in [0.25, 0.3) is 24.3 Å². The molecule has 3 rings (SSSR count). The number of aromatic nitrogens is 1. The summed E-state index contributed by atoms with van der Waals surface area (Å²) in [4.78, 5) is 0. The minimum absolute atomic E-state index is 0.481. The topological polar surface area (TPSA) is 52.8 Å². The minimum Gasteiger partial charge on any atom is -0.388 e. The van der Waals surface area contributed by atoms with Gasteiger partial charge in [0.2, 0.25) is 0 Å². The predicted octanol–water partition coefficient (Wildman–Crippen LogP) is 4.65. The van der Waals surface area contributed by atoms with Crippen LogP contribution in [0, 0.1) is 11.3 Å². The van der Waals surface area contributed by atoms with E-state index in [0.717, 1.165) is 34.5 Å². The Labute approximate surface area is 190 Å². The van der Waals surface area contributed by atoms with Crippen LogP contribution in [0.4, 0.5) is 5.69 Å². The van der Waals surface area contributed by atoms with Crippen molar-refractivity contribution in [3.8, 4) is 11.1 Å². The van der Waals surface area contributed by atoms with E-state index in [1.807, 2.05) is 52.8 Å². The molecule has 0 bridgehead atoms. The maximum Gasteiger partial charge on any atom is 0.0720 e. The number of pyridine rings is 1. The molecule has 4 nitrogen and oxygen atoms in total. The summed E-state index contributed by atoms with van der Waals surface area (Å²) in [5.41, 5.74) is 4.47. The van der Waals surface area contributed by atoms with E-state index in [2.05, 4.69) is 55.8 Å². The minimum atomic E-state index is 0.481. The second-order valence-corrected chi connectivity index (χ2v) is 7.77. The van der Waals surface area contributed by atoms with E-state index in [-0.39, 0.29) is 0 Å². The van der Waals surface area contributed by atoms with Crippen LogP contribution in [0.2, 0.25) is 0 Å². The molecule has 1 fully saturated rings. The van der Waals surface area contributed by atoms with Crippen LogP contribution in [-0.2, 0) is 13.5 Å². The normalized spacial score (nSPS) is 11.7. The second-order valence-electron chi connectivity index (χ2n) is 7.77. The van der Waals surface area contributed by atoms with Crippen LogP contribution in [-0.4, -0.2) is 25.7 Å². The maximum absolute atomic E-state index is 8.49. The summed E-state index contributed by atoms with van der Waals surface area (Å²) in [5, 5.41) is 16.4. The van der Waals surface area contributed by atoms with Gasteiger partial charge in [-0.25, -0.2) is 0 Å². The zero-order valence-electron chi connectivity index (χ0n) is 21.3. The molecular weight excluding hydrogens is 380 g/mol. The van der Waals surface area contributed by atoms with Gasteiger partial charge in [-0.3, -0.25) is 5.41 Å². The van der Waals surface area contributed by atoms with E-state index in [1.165, 1.54) is 31.2 Å². The van der Waals surface area contributed by atoms with Gasteiger partial charge in [-0.15, -0.1) is 0 Å². The van der Waals surface area contributed by atoms with Crippen LogP contribution < -0.4 is 26.6 Å². The van der Waals surface area contributed by atoms with Crippen LogP contribution in [0.1, 0.15) is 58.9 Å². The maximum atomic E-state index is 8.49. The summed E-state index contributed by atoms with van der Waals surface area (Å²) < 4.78 is 1.96. The molecule has 1 aromatic carbocycles. The average Bonchev–Trinajstić information content (AvgIpc) is 3.60. The number of aryl methyl sites for hydroxylation is 2. The van der Waals surface area contributed by atoms with E-state index in [9.17, 15) is 0 Å². The third-order valence-electron chi connectivity index (χ3n) is 4.88. The molecule has 1 heterocycles. The van der Waals surface area contributed by atoms with Crippen LogP contribution in [0.3, 0.4) is 0 Å². The van der Waals surface area contributed by atoms with Gasteiger partial charge in [-0.05, 0) is 56.1 Å². The highest BCUT2D eigenvalue weighted by Gasteiger charge is 2.21. The molecule has 2 aromatic rings. The lowest BCUT2D eigenvalue weighted by Gasteiger charge is -2.14. The zero-order valence-corrected chi connectivity index (χ0v) is 21.3. The van der Waals surface area contributed by atoms with Crippen molar-refractivity contribution in [2.24, 2.45) is 13.0 Å². The Bertz CT molecular complexity index is 921. The molecule has 0 saturated heterocycles. The monoisotopic (exact) mass is 426 g/mol. The Hall–Kier alpha value is -2.33. The highest BCUT2D eigenvalue weighted by atomic mass is 14.9. The van der Waals surface area contributed by atoms with Crippen molar-refractivity contribution in [3.05, 3.63) is 45.9 Å². The highest BCUT2D eigenvalue weighted by molar-refractivity contribution is 5.71. The van der Waals surface area contributed by atoms with Gasteiger partial charge >= 0.3 is 0 Å². The number of nitrogens with one attached hydrogen (secondary N) is 3. The fourth-order valence-corrected chi connectivity index (χ4v) is 3.03. The third kappa shape index (κ3) is 9.14. The third-order valence-corrected chi connectivity index (χ3v) is 4.88. The van der Waals surface area contributed by atoms with Crippen molar-refractivity contribution in [2.75, 3.05) is 26.5 Å². The van der Waals surface area contributed by atoms with Gasteiger partial charge in [0.15, 0.2) is 0 Å². The first kappa shape index (κ1) is 28.7. The molecule has 1 aliphatic rings. The summed E-state index contributed by atoms with van der Waals surface area (Å²) in [5.74, 6) is 0.907. The smallest absolute Gasteiger partial charge is 0.0720 e. The molecule has 0 aliphatic heterocycles. The molecule has 1 saturated carbocycles. The first-order valence-corrected chi connectivity index (χ1v) is 11.7. The van der Waals surface area contributed by atoms with Crippen molar-refractivity contribution < 1.29 is 0 Å². The van der Waals surface area contributed by atoms with Crippen molar-refractivity contribution in [2.45, 2.75) is 59.8 Å². The van der Waals surface area contributed by atoms with Gasteiger partial charge in [0.05, 0.1) is 5.36 Å². The molecule has 1 aromatic heterocycles. The Morgan fingerprint density at radius 1 is 1.06 bits per heavy atom. The van der Waals surface area contributed by atoms with Crippen LogP contribution in [0.15, 0.2) is 24.4 Å². The van der Waals surface area contributed by atoms with Gasteiger partial charge in [-0.1, -0.05) is 66.2 Å². The second kappa shape index (κ2) is 15.5. The predicted molar refractivity (Wildman–Crippen MR) is 140 cm³/mol. The van der Waals surface area contributed by atoms with E-state index >= 15 is 0 Å². The number of benzene rings is 1. The van der Waals surface area contributed by atoms with E-state index in [1.54, 1.807) is 0 Å². The molecular formula is C27H46N4. The van der Waals surface area contributed by atoms with Crippen LogP contribution >= 0.6 is 0 Å². The molecule has 0 atom stereocenters. The van der Waals surface area contributed by atoms with Gasteiger partial charge in [0, 0.05) is 42.1 Å². The lowest BCUT2D eigenvalue weighted by Crippen LogP contribution is -2.43. The van der Waals surface area contributed by atoms with Gasteiger partial charge < -0.3 is 15.2 Å². The van der Waals surface area contributed by atoms with Crippen molar-refractivity contribution >= 4 is 18.8 Å². The molecule has 0 radical (unpaired) electrons. The molecule has 4 heteroatoms. The number of rotatable bonds is 5. The first-order chi connectivity index (χ1) is 14.8. The summed E-state index contributed by atoms with van der Waals surface area (Å²) in [6.07, 6.45) is 8.33. The Balaban J connectivity index is 0.000000991. The van der Waals surface area contributed by atoms with E-state index in [0.29, 0.717) is 10.6 Å². The Morgan fingerprint density at radius 3 is 2.10 bits per heavy atom. The fourth-order valence-electron chi connectivity index (χ4n) is 3.03. The summed E-state index contributed by atoms with van der Waals surface area (Å²) in [6, 6.07) is 6.47. The SMILES string of the molecule is C=c1c(=N)c(-c2cc(NC)ccc2CCC2CC2)cn(C)c1=C.CC.CCC.CNC. The highest BCUT2D eigenvalue weighted by Crippen LogP contribution is 2.35. The number of anilines is 1. The molecule has 0 unspecified atom stereocenters. The van der Waals surface area contributed by atoms with E-state index < -0.39 is 0 Å². The van der Waals surface area contributed by atoms with Crippen molar-refractivity contribution in [3.63, 3.8) is 0 Å². The lowest BCUT2D eigenvalue weighted by molar-refractivity contribution is 0.727. The summed E-state index contributed by atoms with van der Waals surface area (Å²) in [7, 11) is 7.64. The number of hydrogen-bond donors (Lipinski definition) is 3. The Morgan fingerprint density at radius 2 is 1.61 bits per heavy atom. The van der Waals surface area contributed by atoms with Gasteiger partial charge in [0.25, 0.3) is 0 Å². The van der Waals surface area contributed by atoms with E-state index in [4.69, 9.17) is 5.41 Å². The van der Waals surface area contributed by atoms with Crippen molar-refractivity contribution in [1.29, 1.82) is 5.41 Å². The Kier molecular flexibility index (Phi) is 14.3. The molecule has 31 heavy (non-hydrogen) atoms. The van der Waals surface area contributed by atoms with Crippen LogP contribution in [0.5, 0.6) is 0 Å². The molecule has 3 N–H and O–H groups in total. The molecule has 0 spiro atoms. The zero-order chi connectivity index (χ0) is 24.0. The first-order valence-electron chi connectivity index (χ1n) is 11.7. The largest absolute Gasteiger partial charge is 0.388 e. The van der Waals surface area contributed by atoms with Gasteiger partial charge in [-0.2, -0.15) is 0 Å². The van der Waals surface area contributed by atoms with Crippen molar-refractivity contribution in [1.82, 2.24) is 9.88 Å². The molecule has 174 valence electrons. The number of hydrogen-bond acceptors (Lipinski definition) is 3. The number of nitrogens with zero attached hydrogens (tertiary/aromatic N) is 1. The van der Waals surface area contributed by atoms with Gasteiger partial charge in [0.1, 0.15) is 0 Å². The standard InChI is InChI=1S/C20H25N3.C3H8.C2H7N.C2H6/c1-13-14(2)23(4)12-19(20(13)21)18-11-17(22-3)10-9-16(18)8-7-15-5-6-15;2*1-3-2;1-2/h9-12,15,21-22H,1-2,5-8H2,3-4H3;3H2,1-2H3;3H,1-2H3;1-2H3. The molecule has 1 aliphatic carbocycles. The summed E-state index contributed by atoms with van der Waals surface area (Å²) in [6.45, 7) is 16.3. The molecule has 0 amide bonds. The summed E-state index contributed by atoms with van der Waals surface area (Å²) >= 11 is 0. The fraction of sp³-hybridized carbons (Fsp3) is 0.519. The quantitative estimate of drug-likeness (QED) is 0.651. The average molecular weight is 427 g/mol.